The number of benzene rings is 1. The smallest absolute Gasteiger partial charge is 0.403 e. The van der Waals surface area contributed by atoms with E-state index in [1.54, 1.807) is 6.92 Å². The second kappa shape index (κ2) is 4.55. The van der Waals surface area contributed by atoms with E-state index in [4.69, 9.17) is 0 Å². The van der Waals surface area contributed by atoms with Crippen LogP contribution in [0.5, 0.6) is 5.75 Å². The van der Waals surface area contributed by atoms with E-state index in [0.29, 0.717) is 0 Å². The van der Waals surface area contributed by atoms with E-state index in [1.165, 1.54) is 18.2 Å². The lowest BCUT2D eigenvalue weighted by Gasteiger charge is -2.13. The Kier molecular flexibility index (Phi) is 3.57. The van der Waals surface area contributed by atoms with Gasteiger partial charge in [-0.1, -0.05) is 25.1 Å². The molecule has 0 fully saturated rings. The fourth-order valence-electron chi connectivity index (χ4n) is 1.21. The average Bonchev–Trinajstić information content (AvgIpc) is 2.18. The first kappa shape index (κ1) is 12.5. The van der Waals surface area contributed by atoms with E-state index in [2.05, 4.69) is 11.3 Å². The third-order valence-corrected chi connectivity index (χ3v) is 2.06. The largest absolute Gasteiger partial charge is 0.573 e. The number of hydrogen-bond donors (Lipinski definition) is 0. The molecule has 0 heterocycles. The number of rotatable bonds is 3. The van der Waals surface area contributed by atoms with Gasteiger partial charge in [-0.2, -0.15) is 0 Å². The first-order chi connectivity index (χ1) is 7.35. The average molecular weight is 234 g/mol. The maximum atomic E-state index is 13.6. The van der Waals surface area contributed by atoms with Crippen LogP contribution in [0.4, 0.5) is 17.6 Å². The molecule has 0 aliphatic rings. The van der Waals surface area contributed by atoms with Gasteiger partial charge in [-0.15, -0.1) is 19.8 Å². The summed E-state index contributed by atoms with van der Waals surface area (Å²) >= 11 is 0. The summed E-state index contributed by atoms with van der Waals surface area (Å²) in [6.45, 7) is 5.08. The lowest BCUT2D eigenvalue weighted by Crippen LogP contribution is -2.18. The Balaban J connectivity index is 3.09. The molecule has 0 aliphatic carbocycles. The quantitative estimate of drug-likeness (QED) is 0.567. The molecule has 0 aromatic heterocycles. The molecule has 5 heteroatoms. The highest BCUT2D eigenvalue weighted by molar-refractivity contribution is 5.34. The molecule has 1 atom stereocenters. The molecule has 1 aromatic carbocycles. The summed E-state index contributed by atoms with van der Waals surface area (Å²) < 4.78 is 52.9. The highest BCUT2D eigenvalue weighted by Crippen LogP contribution is 2.30. The Bertz CT molecular complexity index is 384. The second-order valence-corrected chi connectivity index (χ2v) is 3.23. The molecule has 0 radical (unpaired) electrons. The van der Waals surface area contributed by atoms with Crippen molar-refractivity contribution in [2.24, 2.45) is 0 Å². The molecule has 16 heavy (non-hydrogen) atoms. The van der Waals surface area contributed by atoms with Crippen LogP contribution in [0.15, 0.2) is 30.9 Å². The van der Waals surface area contributed by atoms with Crippen molar-refractivity contribution in [2.45, 2.75) is 19.2 Å². The molecule has 0 saturated carbocycles. The number of ether oxygens (including phenoxy) is 1. The van der Waals surface area contributed by atoms with Crippen LogP contribution in [0.3, 0.4) is 0 Å². The molecule has 0 bridgehead atoms. The van der Waals surface area contributed by atoms with E-state index in [0.717, 1.165) is 6.07 Å². The summed E-state index contributed by atoms with van der Waals surface area (Å²) in [5.74, 6) is -2.21. The molecule has 88 valence electrons. The summed E-state index contributed by atoms with van der Waals surface area (Å²) in [5, 5.41) is 0. The molecule has 1 unspecified atom stereocenters. The van der Waals surface area contributed by atoms with Gasteiger partial charge in [0.25, 0.3) is 0 Å². The zero-order valence-corrected chi connectivity index (χ0v) is 8.51. The van der Waals surface area contributed by atoms with Crippen LogP contribution in [0, 0.1) is 5.82 Å². The van der Waals surface area contributed by atoms with Gasteiger partial charge < -0.3 is 4.74 Å². The van der Waals surface area contributed by atoms with Crippen molar-refractivity contribution < 1.29 is 22.3 Å². The van der Waals surface area contributed by atoms with E-state index in [9.17, 15) is 17.6 Å². The fourth-order valence-corrected chi connectivity index (χ4v) is 1.21. The Labute approximate surface area is 90.3 Å². The van der Waals surface area contributed by atoms with Crippen LogP contribution in [0.2, 0.25) is 0 Å². The van der Waals surface area contributed by atoms with Gasteiger partial charge in [0.2, 0.25) is 0 Å². The van der Waals surface area contributed by atoms with Crippen molar-refractivity contribution in [1.29, 1.82) is 0 Å². The Hall–Kier alpha value is -1.52. The first-order valence-corrected chi connectivity index (χ1v) is 4.52. The number of allylic oxidation sites excluding steroid dienone is 1. The summed E-state index contributed by atoms with van der Waals surface area (Å²) in [6, 6.07) is 3.63. The second-order valence-electron chi connectivity index (χ2n) is 3.23. The lowest BCUT2D eigenvalue weighted by molar-refractivity contribution is -0.275. The molecule has 0 amide bonds. The maximum Gasteiger partial charge on any atom is 0.573 e. The zero-order valence-electron chi connectivity index (χ0n) is 8.51. The van der Waals surface area contributed by atoms with Gasteiger partial charge in [0.05, 0.1) is 0 Å². The third kappa shape index (κ3) is 2.98. The molecular weight excluding hydrogens is 224 g/mol. The Morgan fingerprint density at radius 1 is 1.38 bits per heavy atom. The molecule has 0 spiro atoms. The van der Waals surface area contributed by atoms with Crippen LogP contribution in [-0.4, -0.2) is 6.36 Å². The predicted octanol–water partition coefficient (Wildman–Crippen LogP) is 4.01. The lowest BCUT2D eigenvalue weighted by atomic mass is 10.0. The minimum Gasteiger partial charge on any atom is -0.403 e. The minimum atomic E-state index is -4.89. The maximum absolute atomic E-state index is 13.6. The summed E-state index contributed by atoms with van der Waals surface area (Å²) in [4.78, 5) is 0. The van der Waals surface area contributed by atoms with Crippen molar-refractivity contribution in [1.82, 2.24) is 0 Å². The van der Waals surface area contributed by atoms with Crippen LogP contribution in [-0.2, 0) is 0 Å². The molecule has 1 rings (SSSR count). The van der Waals surface area contributed by atoms with Gasteiger partial charge >= 0.3 is 6.36 Å². The van der Waals surface area contributed by atoms with Crippen molar-refractivity contribution >= 4 is 0 Å². The van der Waals surface area contributed by atoms with Crippen molar-refractivity contribution in [2.75, 3.05) is 0 Å². The van der Waals surface area contributed by atoms with Crippen LogP contribution >= 0.6 is 0 Å². The van der Waals surface area contributed by atoms with E-state index < -0.39 is 17.9 Å². The summed E-state index contributed by atoms with van der Waals surface area (Å²) in [5.41, 5.74) is 0.122. The van der Waals surface area contributed by atoms with Crippen molar-refractivity contribution in [3.63, 3.8) is 0 Å². The van der Waals surface area contributed by atoms with Crippen LogP contribution in [0.1, 0.15) is 18.4 Å². The molecule has 0 saturated heterocycles. The third-order valence-electron chi connectivity index (χ3n) is 2.06. The highest BCUT2D eigenvalue weighted by Gasteiger charge is 2.32. The fraction of sp³-hybridized carbons (Fsp3) is 0.273. The monoisotopic (exact) mass is 234 g/mol. The van der Waals surface area contributed by atoms with E-state index >= 15 is 0 Å². The van der Waals surface area contributed by atoms with Gasteiger partial charge in [0, 0.05) is 5.92 Å². The predicted molar refractivity (Wildman–Crippen MR) is 51.7 cm³/mol. The molecule has 0 N–H and O–H groups in total. The Morgan fingerprint density at radius 2 is 2.00 bits per heavy atom. The number of hydrogen-bond acceptors (Lipinski definition) is 1. The van der Waals surface area contributed by atoms with E-state index in [1.807, 2.05) is 0 Å². The van der Waals surface area contributed by atoms with Gasteiger partial charge in [-0.05, 0) is 11.6 Å². The minimum absolute atomic E-state index is 0.122. The summed E-state index contributed by atoms with van der Waals surface area (Å²) in [6.07, 6.45) is -3.45. The van der Waals surface area contributed by atoms with Crippen LogP contribution < -0.4 is 4.74 Å². The van der Waals surface area contributed by atoms with Gasteiger partial charge in [-0.25, -0.2) is 4.39 Å². The van der Waals surface area contributed by atoms with Crippen molar-refractivity contribution in [3.05, 3.63) is 42.2 Å². The van der Waals surface area contributed by atoms with Gasteiger partial charge in [0.1, 0.15) is 0 Å². The number of alkyl halides is 3. The molecule has 1 aromatic rings. The molecule has 1 nitrogen and oxygen atoms in total. The van der Waals surface area contributed by atoms with Crippen LogP contribution in [0.25, 0.3) is 0 Å². The number of halogens is 4. The first-order valence-electron chi connectivity index (χ1n) is 4.52. The SMILES string of the molecule is C=CC(C)c1cccc(OC(F)(F)F)c1F. The zero-order chi connectivity index (χ0) is 12.3. The molecular formula is C11H10F4O. The summed E-state index contributed by atoms with van der Waals surface area (Å²) in [7, 11) is 0. The Morgan fingerprint density at radius 3 is 2.50 bits per heavy atom. The normalized spacial score (nSPS) is 13.3. The topological polar surface area (TPSA) is 9.23 Å². The molecule has 0 aliphatic heterocycles. The highest BCUT2D eigenvalue weighted by atomic mass is 19.4. The standard InChI is InChI=1S/C11H10F4O/c1-3-7(2)8-5-4-6-9(10(8)12)16-11(13,14)15/h3-7H,1H2,2H3. The van der Waals surface area contributed by atoms with Gasteiger partial charge in [0.15, 0.2) is 11.6 Å². The van der Waals surface area contributed by atoms with Gasteiger partial charge in [-0.3, -0.25) is 0 Å². The van der Waals surface area contributed by atoms with Crippen molar-refractivity contribution in [3.8, 4) is 5.75 Å². The van der Waals surface area contributed by atoms with E-state index in [-0.39, 0.29) is 11.5 Å².